The molecule has 29 heavy (non-hydrogen) atoms. The molecule has 0 saturated heterocycles. The minimum absolute atomic E-state index is 0.0294. The minimum Gasteiger partial charge on any atom is -0.497 e. The van der Waals surface area contributed by atoms with Gasteiger partial charge in [0, 0.05) is 12.5 Å². The third kappa shape index (κ3) is 4.71. The third-order valence-corrected chi connectivity index (χ3v) is 5.95. The summed E-state index contributed by atoms with van der Waals surface area (Å²) in [7, 11) is 5.72. The maximum Gasteiger partial charge on any atom is 0.126 e. The molecule has 2 aromatic carbocycles. The molecular formula is C25H32FNO2. The smallest absolute Gasteiger partial charge is 0.126 e. The highest BCUT2D eigenvalue weighted by molar-refractivity contribution is 5.58. The summed E-state index contributed by atoms with van der Waals surface area (Å²) in [6, 6.07) is 12.9. The predicted octanol–water partition coefficient (Wildman–Crippen LogP) is 5.17. The van der Waals surface area contributed by atoms with Crippen LogP contribution in [-0.4, -0.2) is 37.8 Å². The van der Waals surface area contributed by atoms with Crippen LogP contribution in [0, 0.1) is 18.7 Å². The van der Waals surface area contributed by atoms with Crippen LogP contribution in [0.4, 0.5) is 4.39 Å². The number of benzene rings is 2. The molecule has 2 unspecified atom stereocenters. The topological polar surface area (TPSA) is 32.7 Å². The summed E-state index contributed by atoms with van der Waals surface area (Å²) in [5, 5.41) is 12.2. The lowest BCUT2D eigenvalue weighted by atomic mass is 9.73. The Balaban J connectivity index is 2.16. The molecule has 0 radical (unpaired) electrons. The minimum atomic E-state index is -1.14. The Morgan fingerprint density at radius 2 is 2.00 bits per heavy atom. The van der Waals surface area contributed by atoms with E-state index < -0.39 is 5.60 Å². The highest BCUT2D eigenvalue weighted by Gasteiger charge is 2.43. The molecular weight excluding hydrogens is 365 g/mol. The number of aliphatic hydroxyl groups is 1. The number of halogens is 1. The van der Waals surface area contributed by atoms with Gasteiger partial charge in [0.2, 0.25) is 0 Å². The van der Waals surface area contributed by atoms with E-state index in [1.54, 1.807) is 20.1 Å². The van der Waals surface area contributed by atoms with Crippen LogP contribution in [0.25, 0.3) is 6.08 Å². The van der Waals surface area contributed by atoms with Crippen LogP contribution in [0.2, 0.25) is 0 Å². The molecule has 156 valence electrons. The lowest BCUT2D eigenvalue weighted by molar-refractivity contribution is 0.000388. The van der Waals surface area contributed by atoms with Crippen LogP contribution in [0.3, 0.4) is 0 Å². The third-order valence-electron chi connectivity index (χ3n) is 5.95. The molecule has 0 spiro atoms. The first-order valence-electron chi connectivity index (χ1n) is 10.3. The van der Waals surface area contributed by atoms with Gasteiger partial charge in [0.15, 0.2) is 0 Å². The van der Waals surface area contributed by atoms with Crippen LogP contribution in [0.1, 0.15) is 42.4 Å². The lowest BCUT2D eigenvalue weighted by Crippen LogP contribution is -2.41. The highest BCUT2D eigenvalue weighted by atomic mass is 19.1. The Labute approximate surface area is 173 Å². The molecule has 1 N–H and O–H groups in total. The average molecular weight is 398 g/mol. The van der Waals surface area contributed by atoms with Gasteiger partial charge in [0.25, 0.3) is 0 Å². The first kappa shape index (κ1) is 21.5. The Morgan fingerprint density at radius 1 is 1.21 bits per heavy atom. The van der Waals surface area contributed by atoms with Crippen molar-refractivity contribution in [3.8, 4) is 5.75 Å². The van der Waals surface area contributed by atoms with E-state index in [2.05, 4.69) is 11.0 Å². The van der Waals surface area contributed by atoms with Gasteiger partial charge in [-0.15, -0.1) is 0 Å². The van der Waals surface area contributed by atoms with E-state index in [0.29, 0.717) is 5.56 Å². The van der Waals surface area contributed by atoms with Crippen LogP contribution in [0.5, 0.6) is 5.75 Å². The number of methoxy groups -OCH3 is 1. The van der Waals surface area contributed by atoms with Crippen molar-refractivity contribution in [2.75, 3.05) is 27.7 Å². The van der Waals surface area contributed by atoms with E-state index in [0.717, 1.165) is 54.7 Å². The van der Waals surface area contributed by atoms with Crippen molar-refractivity contribution in [1.82, 2.24) is 4.90 Å². The van der Waals surface area contributed by atoms with Gasteiger partial charge in [-0.2, -0.15) is 0 Å². The van der Waals surface area contributed by atoms with E-state index in [1.807, 2.05) is 44.4 Å². The first-order valence-corrected chi connectivity index (χ1v) is 10.3. The molecule has 3 rings (SSSR count). The quantitative estimate of drug-likeness (QED) is 0.707. The van der Waals surface area contributed by atoms with Gasteiger partial charge in [0.05, 0.1) is 7.11 Å². The SMILES string of the molecule is COc1cccc(/C=C2\CCCCC(CN(C)C)C2(O)c2ccc(F)c(C)c2)c1. The fourth-order valence-electron chi connectivity index (χ4n) is 4.45. The number of nitrogens with zero attached hydrogens (tertiary/aromatic N) is 1. The number of hydrogen-bond donors (Lipinski definition) is 1. The molecule has 3 nitrogen and oxygen atoms in total. The van der Waals surface area contributed by atoms with Crippen molar-refractivity contribution in [1.29, 1.82) is 0 Å². The van der Waals surface area contributed by atoms with Crippen molar-refractivity contribution >= 4 is 6.08 Å². The van der Waals surface area contributed by atoms with Crippen molar-refractivity contribution in [2.45, 2.75) is 38.2 Å². The molecule has 1 aliphatic rings. The molecule has 4 heteroatoms. The summed E-state index contributed by atoms with van der Waals surface area (Å²) in [5.74, 6) is 0.578. The van der Waals surface area contributed by atoms with Gasteiger partial charge in [-0.05, 0) is 86.8 Å². The molecule has 1 saturated carbocycles. The first-order chi connectivity index (χ1) is 13.8. The second kappa shape index (κ2) is 9.10. The number of aryl methyl sites for hydroxylation is 1. The van der Waals surface area contributed by atoms with E-state index in [-0.39, 0.29) is 11.7 Å². The molecule has 2 aromatic rings. The van der Waals surface area contributed by atoms with Gasteiger partial charge >= 0.3 is 0 Å². The fourth-order valence-corrected chi connectivity index (χ4v) is 4.45. The zero-order valence-electron chi connectivity index (χ0n) is 17.9. The zero-order chi connectivity index (χ0) is 21.0. The Kier molecular flexibility index (Phi) is 6.76. The summed E-state index contributed by atoms with van der Waals surface area (Å²) < 4.78 is 19.4. The Bertz CT molecular complexity index is 877. The largest absolute Gasteiger partial charge is 0.497 e. The maximum absolute atomic E-state index is 14.0. The summed E-state index contributed by atoms with van der Waals surface area (Å²) in [6.45, 7) is 2.52. The number of hydrogen-bond acceptors (Lipinski definition) is 3. The van der Waals surface area contributed by atoms with Crippen LogP contribution < -0.4 is 4.74 Å². The second-order valence-corrected chi connectivity index (χ2v) is 8.38. The van der Waals surface area contributed by atoms with Crippen molar-refractivity contribution in [3.05, 3.63) is 70.5 Å². The highest BCUT2D eigenvalue weighted by Crippen LogP contribution is 2.45. The summed E-state index contributed by atoms with van der Waals surface area (Å²) >= 11 is 0. The lowest BCUT2D eigenvalue weighted by Gasteiger charge is -2.39. The molecule has 1 fully saturated rings. The Morgan fingerprint density at radius 3 is 2.69 bits per heavy atom. The summed E-state index contributed by atoms with van der Waals surface area (Å²) in [4.78, 5) is 2.13. The fraction of sp³-hybridized carbons (Fsp3) is 0.440. The predicted molar refractivity (Wildman–Crippen MR) is 117 cm³/mol. The Hall–Kier alpha value is -2.17. The van der Waals surface area contributed by atoms with Gasteiger partial charge in [-0.1, -0.05) is 30.7 Å². The number of ether oxygens (including phenoxy) is 1. The normalized spacial score (nSPS) is 24.0. The van der Waals surface area contributed by atoms with Gasteiger partial charge in [-0.3, -0.25) is 0 Å². The summed E-state index contributed by atoms with van der Waals surface area (Å²) in [5.41, 5.74) is 2.19. The standard InChI is InChI=1S/C25H32FNO2/c1-18-14-21(12-13-24(18)26)25(28)20(9-5-6-10-22(25)17-27(2)3)15-19-8-7-11-23(16-19)29-4/h7-8,11-16,22,28H,5-6,9-10,17H2,1-4H3/b20-15+. The molecule has 0 bridgehead atoms. The number of rotatable bonds is 5. The van der Waals surface area contributed by atoms with Gasteiger partial charge < -0.3 is 14.7 Å². The van der Waals surface area contributed by atoms with Crippen molar-refractivity contribution < 1.29 is 14.2 Å². The molecule has 0 amide bonds. The zero-order valence-corrected chi connectivity index (χ0v) is 17.9. The molecule has 0 aromatic heterocycles. The van der Waals surface area contributed by atoms with E-state index in [1.165, 1.54) is 6.07 Å². The van der Waals surface area contributed by atoms with E-state index in [9.17, 15) is 9.50 Å². The molecule has 1 aliphatic carbocycles. The second-order valence-electron chi connectivity index (χ2n) is 8.38. The van der Waals surface area contributed by atoms with Gasteiger partial charge in [0.1, 0.15) is 17.2 Å². The van der Waals surface area contributed by atoms with E-state index in [4.69, 9.17) is 4.74 Å². The van der Waals surface area contributed by atoms with Crippen LogP contribution in [-0.2, 0) is 5.60 Å². The van der Waals surface area contributed by atoms with Gasteiger partial charge in [-0.25, -0.2) is 4.39 Å². The monoisotopic (exact) mass is 397 g/mol. The van der Waals surface area contributed by atoms with Crippen LogP contribution in [0.15, 0.2) is 48.0 Å². The molecule has 0 aliphatic heterocycles. The molecule has 0 heterocycles. The average Bonchev–Trinajstić information content (AvgIpc) is 2.84. The van der Waals surface area contributed by atoms with Crippen molar-refractivity contribution in [2.24, 2.45) is 5.92 Å². The van der Waals surface area contributed by atoms with Crippen molar-refractivity contribution in [3.63, 3.8) is 0 Å². The van der Waals surface area contributed by atoms with E-state index >= 15 is 0 Å². The summed E-state index contributed by atoms with van der Waals surface area (Å²) in [6.07, 6.45) is 5.93. The van der Waals surface area contributed by atoms with Crippen LogP contribution >= 0.6 is 0 Å². The maximum atomic E-state index is 14.0. The molecule has 2 atom stereocenters.